The molecule has 166 valence electrons. The largest absolute Gasteiger partial charge is 0.493 e. The lowest BCUT2D eigenvalue weighted by atomic mass is 10.1. The molecule has 8 heteroatoms. The van der Waals surface area contributed by atoms with Crippen molar-refractivity contribution in [1.82, 2.24) is 10.6 Å². The Kier molecular flexibility index (Phi) is 11.2. The summed E-state index contributed by atoms with van der Waals surface area (Å²) in [4.78, 5) is 4.60. The molecule has 2 aromatic rings. The number of hydrogen-bond acceptors (Lipinski definition) is 4. The third-order valence-corrected chi connectivity index (χ3v) is 5.40. The molecule has 0 unspecified atom stereocenters. The molecule has 0 heterocycles. The lowest BCUT2D eigenvalue weighted by Crippen LogP contribution is -2.37. The second-order valence-corrected chi connectivity index (χ2v) is 9.35. The minimum absolute atomic E-state index is 0. The van der Waals surface area contributed by atoms with Crippen molar-refractivity contribution in [1.29, 1.82) is 0 Å². The summed E-state index contributed by atoms with van der Waals surface area (Å²) in [6.45, 7) is 6.23. The molecule has 2 rings (SSSR count). The van der Waals surface area contributed by atoms with Gasteiger partial charge in [0.15, 0.2) is 15.8 Å². The van der Waals surface area contributed by atoms with Crippen LogP contribution in [0.5, 0.6) is 5.75 Å². The number of halogens is 1. The van der Waals surface area contributed by atoms with Crippen molar-refractivity contribution < 1.29 is 13.2 Å². The van der Waals surface area contributed by atoms with Crippen LogP contribution >= 0.6 is 24.0 Å². The number of hydrogen-bond donors (Lipinski definition) is 2. The smallest absolute Gasteiger partial charge is 0.191 e. The highest BCUT2D eigenvalue weighted by molar-refractivity contribution is 14.0. The number of benzene rings is 2. The van der Waals surface area contributed by atoms with E-state index in [4.69, 9.17) is 4.74 Å². The van der Waals surface area contributed by atoms with Gasteiger partial charge >= 0.3 is 0 Å². The van der Waals surface area contributed by atoms with E-state index in [1.54, 1.807) is 19.2 Å². The first-order chi connectivity index (χ1) is 13.8. The molecule has 0 bridgehead atoms. The van der Waals surface area contributed by atoms with Crippen LogP contribution in [0.1, 0.15) is 25.0 Å². The van der Waals surface area contributed by atoms with Gasteiger partial charge in [-0.2, -0.15) is 0 Å². The molecule has 0 saturated carbocycles. The van der Waals surface area contributed by atoms with Gasteiger partial charge in [0.2, 0.25) is 0 Å². The zero-order valence-electron chi connectivity index (χ0n) is 18.0. The fourth-order valence-electron chi connectivity index (χ4n) is 2.68. The van der Waals surface area contributed by atoms with Gasteiger partial charge in [0.1, 0.15) is 5.75 Å². The predicted octanol–water partition coefficient (Wildman–Crippen LogP) is 3.65. The van der Waals surface area contributed by atoms with E-state index in [1.807, 2.05) is 36.4 Å². The van der Waals surface area contributed by atoms with Crippen LogP contribution in [0, 0.1) is 5.92 Å². The summed E-state index contributed by atoms with van der Waals surface area (Å²) < 4.78 is 29.0. The second-order valence-electron chi connectivity index (χ2n) is 7.33. The third kappa shape index (κ3) is 8.91. The van der Waals surface area contributed by atoms with Crippen molar-refractivity contribution >= 4 is 39.8 Å². The fourth-order valence-corrected chi connectivity index (χ4v) is 3.31. The molecule has 0 atom stereocenters. The Balaban J connectivity index is 0.00000450. The van der Waals surface area contributed by atoms with E-state index < -0.39 is 9.84 Å². The highest BCUT2D eigenvalue weighted by Gasteiger charge is 2.07. The number of nitrogens with zero attached hydrogens (tertiary/aromatic N) is 1. The molecule has 0 aliphatic heterocycles. The first-order valence-electron chi connectivity index (χ1n) is 9.74. The van der Waals surface area contributed by atoms with E-state index in [2.05, 4.69) is 29.5 Å². The number of sulfone groups is 1. The van der Waals surface area contributed by atoms with Crippen LogP contribution in [0.2, 0.25) is 0 Å². The second kappa shape index (κ2) is 12.8. The maximum atomic E-state index is 11.5. The first kappa shape index (κ1) is 26.2. The van der Waals surface area contributed by atoms with Crippen molar-refractivity contribution in [3.63, 3.8) is 0 Å². The molecule has 0 aromatic heterocycles. The number of nitrogens with one attached hydrogen (secondary N) is 2. The number of para-hydroxylation sites is 1. The standard InChI is InChI=1S/C22H31N3O3S.HI/c1-17(2)16-28-21-8-6-5-7-19(21)15-25-22(23-3)24-14-13-18-9-11-20(12-10-18)29(4,26)27;/h5-12,17H,13-16H2,1-4H3,(H2,23,24,25);1H. The van der Waals surface area contributed by atoms with Gasteiger partial charge in [-0.25, -0.2) is 8.42 Å². The Morgan fingerprint density at radius 3 is 2.33 bits per heavy atom. The molecule has 0 radical (unpaired) electrons. The van der Waals surface area contributed by atoms with Crippen molar-refractivity contribution in [2.45, 2.75) is 31.7 Å². The maximum Gasteiger partial charge on any atom is 0.191 e. The SMILES string of the molecule is CN=C(NCCc1ccc(S(C)(=O)=O)cc1)NCc1ccccc1OCC(C)C.I. The molecule has 0 aliphatic carbocycles. The third-order valence-electron chi connectivity index (χ3n) is 4.27. The number of aliphatic imine (C=N–C) groups is 1. The molecule has 0 spiro atoms. The van der Waals surface area contributed by atoms with Crippen molar-refractivity contribution in [2.75, 3.05) is 26.5 Å². The summed E-state index contributed by atoms with van der Waals surface area (Å²) in [5, 5.41) is 6.59. The van der Waals surface area contributed by atoms with Crippen molar-refractivity contribution in [2.24, 2.45) is 10.9 Å². The average Bonchev–Trinajstić information content (AvgIpc) is 2.69. The highest BCUT2D eigenvalue weighted by Crippen LogP contribution is 2.18. The zero-order valence-corrected chi connectivity index (χ0v) is 21.2. The molecule has 30 heavy (non-hydrogen) atoms. The quantitative estimate of drug-likeness (QED) is 0.286. The zero-order chi connectivity index (χ0) is 21.3. The molecule has 6 nitrogen and oxygen atoms in total. The molecule has 2 aromatic carbocycles. The van der Waals surface area contributed by atoms with E-state index in [9.17, 15) is 8.42 Å². The molecule has 0 aliphatic rings. The molecule has 0 amide bonds. The Bertz CT molecular complexity index is 913. The van der Waals surface area contributed by atoms with E-state index in [0.29, 0.717) is 36.5 Å². The average molecular weight is 545 g/mol. The van der Waals surface area contributed by atoms with Gasteiger partial charge in [0.25, 0.3) is 0 Å². The predicted molar refractivity (Wildman–Crippen MR) is 134 cm³/mol. The van der Waals surface area contributed by atoms with Gasteiger partial charge < -0.3 is 15.4 Å². The van der Waals surface area contributed by atoms with Crippen LogP contribution < -0.4 is 15.4 Å². The minimum Gasteiger partial charge on any atom is -0.493 e. The number of rotatable bonds is 9. The van der Waals surface area contributed by atoms with Gasteiger partial charge in [-0.15, -0.1) is 24.0 Å². The van der Waals surface area contributed by atoms with Gasteiger partial charge in [-0.3, -0.25) is 4.99 Å². The Labute approximate surface area is 197 Å². The summed E-state index contributed by atoms with van der Waals surface area (Å²) in [6.07, 6.45) is 1.98. The van der Waals surface area contributed by atoms with Gasteiger partial charge in [-0.05, 0) is 36.1 Å². The lowest BCUT2D eigenvalue weighted by molar-refractivity contribution is 0.268. The van der Waals surface area contributed by atoms with E-state index in [1.165, 1.54) is 6.26 Å². The maximum absolute atomic E-state index is 11.5. The van der Waals surface area contributed by atoms with Crippen LogP contribution in [0.4, 0.5) is 0 Å². The van der Waals surface area contributed by atoms with E-state index >= 15 is 0 Å². The molecule has 2 N–H and O–H groups in total. The van der Waals surface area contributed by atoms with Crippen molar-refractivity contribution in [3.05, 3.63) is 59.7 Å². The van der Waals surface area contributed by atoms with Crippen LogP contribution in [0.25, 0.3) is 0 Å². The van der Waals surface area contributed by atoms with E-state index in [0.717, 1.165) is 23.3 Å². The molecule has 0 saturated heterocycles. The van der Waals surface area contributed by atoms with Crippen LogP contribution in [-0.2, 0) is 22.8 Å². The van der Waals surface area contributed by atoms with Crippen LogP contribution in [-0.4, -0.2) is 40.8 Å². The van der Waals surface area contributed by atoms with Crippen LogP contribution in [0.3, 0.4) is 0 Å². The van der Waals surface area contributed by atoms with Gasteiger partial charge in [-0.1, -0.05) is 44.2 Å². The molecule has 0 fully saturated rings. The number of guanidine groups is 1. The Morgan fingerprint density at radius 1 is 1.07 bits per heavy atom. The fraction of sp³-hybridized carbons (Fsp3) is 0.409. The summed E-state index contributed by atoms with van der Waals surface area (Å²) >= 11 is 0. The highest BCUT2D eigenvalue weighted by atomic mass is 127. The summed E-state index contributed by atoms with van der Waals surface area (Å²) in [7, 11) is -1.43. The topological polar surface area (TPSA) is 79.8 Å². The molecular formula is C22H32IN3O3S. The lowest BCUT2D eigenvalue weighted by Gasteiger charge is -2.15. The van der Waals surface area contributed by atoms with Gasteiger partial charge in [0.05, 0.1) is 11.5 Å². The number of ether oxygens (including phenoxy) is 1. The first-order valence-corrected chi connectivity index (χ1v) is 11.6. The van der Waals surface area contributed by atoms with Crippen LogP contribution in [0.15, 0.2) is 58.4 Å². The molecular weight excluding hydrogens is 513 g/mol. The minimum atomic E-state index is -3.16. The van der Waals surface area contributed by atoms with Crippen molar-refractivity contribution in [3.8, 4) is 5.75 Å². The van der Waals surface area contributed by atoms with E-state index in [-0.39, 0.29) is 24.0 Å². The Hall–Kier alpha value is -1.81. The normalized spacial score (nSPS) is 11.7. The monoisotopic (exact) mass is 545 g/mol. The summed E-state index contributed by atoms with van der Waals surface area (Å²) in [5.74, 6) is 2.06. The Morgan fingerprint density at radius 2 is 1.73 bits per heavy atom. The summed E-state index contributed by atoms with van der Waals surface area (Å²) in [5.41, 5.74) is 2.14. The van der Waals surface area contributed by atoms with Gasteiger partial charge in [0, 0.05) is 32.0 Å². The summed E-state index contributed by atoms with van der Waals surface area (Å²) in [6, 6.07) is 15.0.